The van der Waals surface area contributed by atoms with Crippen LogP contribution in [0.4, 0.5) is 0 Å². The number of carbonyl (C=O) groups excluding carboxylic acids is 1. The molecular weight excluding hydrogens is 254 g/mol. The van der Waals surface area contributed by atoms with Gasteiger partial charge in [-0.15, -0.1) is 0 Å². The molecule has 3 unspecified atom stereocenters. The summed E-state index contributed by atoms with van der Waals surface area (Å²) in [6, 6.07) is 1.24. The average molecular weight is 283 g/mol. The highest BCUT2D eigenvalue weighted by Gasteiger charge is 2.36. The zero-order chi connectivity index (χ0) is 14.7. The van der Waals surface area contributed by atoms with Crippen LogP contribution in [0.3, 0.4) is 0 Å². The van der Waals surface area contributed by atoms with Crippen LogP contribution in [0, 0.1) is 0 Å². The van der Waals surface area contributed by atoms with Gasteiger partial charge in [0, 0.05) is 37.8 Å². The molecule has 1 N–H and O–H groups in total. The van der Waals surface area contributed by atoms with Gasteiger partial charge in [0.1, 0.15) is 6.04 Å². The monoisotopic (exact) mass is 283 g/mol. The minimum Gasteiger partial charge on any atom is -0.468 e. The molecule has 0 radical (unpaired) electrons. The first kappa shape index (κ1) is 15.7. The van der Waals surface area contributed by atoms with E-state index in [1.807, 2.05) is 0 Å². The summed E-state index contributed by atoms with van der Waals surface area (Å²) in [5.74, 6) is -0.153. The maximum atomic E-state index is 11.9. The molecule has 0 amide bonds. The van der Waals surface area contributed by atoms with Gasteiger partial charge in [-0.05, 0) is 26.3 Å². The third-order valence-electron chi connectivity index (χ3n) is 4.50. The van der Waals surface area contributed by atoms with Crippen LogP contribution in [0.15, 0.2) is 0 Å². The van der Waals surface area contributed by atoms with E-state index in [0.717, 1.165) is 19.6 Å². The van der Waals surface area contributed by atoms with E-state index >= 15 is 0 Å². The van der Waals surface area contributed by atoms with Gasteiger partial charge < -0.3 is 10.1 Å². The molecule has 116 valence electrons. The fourth-order valence-corrected chi connectivity index (χ4v) is 3.48. The fraction of sp³-hybridized carbons (Fsp3) is 0.933. The molecule has 3 atom stereocenters. The van der Waals surface area contributed by atoms with Crippen molar-refractivity contribution in [3.8, 4) is 0 Å². The van der Waals surface area contributed by atoms with Crippen molar-refractivity contribution >= 4 is 5.97 Å². The molecule has 0 aromatic carbocycles. The number of methoxy groups -OCH3 is 1. The summed E-state index contributed by atoms with van der Waals surface area (Å²) in [6.45, 7) is 10.6. The van der Waals surface area contributed by atoms with Crippen LogP contribution in [-0.4, -0.2) is 73.2 Å². The zero-order valence-corrected chi connectivity index (χ0v) is 13.3. The minimum absolute atomic E-state index is 0.153. The largest absolute Gasteiger partial charge is 0.468 e. The number of piperazine rings is 1. The van der Waals surface area contributed by atoms with Crippen molar-refractivity contribution in [1.29, 1.82) is 0 Å². The lowest BCUT2D eigenvalue weighted by atomic mass is 10.1. The quantitative estimate of drug-likeness (QED) is 0.752. The Balaban J connectivity index is 1.96. The van der Waals surface area contributed by atoms with Gasteiger partial charge in [0.2, 0.25) is 0 Å². The molecule has 2 aliphatic heterocycles. The number of esters is 1. The first-order chi connectivity index (χ1) is 9.51. The summed E-state index contributed by atoms with van der Waals surface area (Å²) < 4.78 is 4.94. The van der Waals surface area contributed by atoms with Crippen molar-refractivity contribution in [2.75, 3.05) is 33.3 Å². The second kappa shape index (κ2) is 6.87. The Hall–Kier alpha value is -0.650. The maximum absolute atomic E-state index is 11.9. The first-order valence-electron chi connectivity index (χ1n) is 7.83. The predicted molar refractivity (Wildman–Crippen MR) is 79.7 cm³/mol. The van der Waals surface area contributed by atoms with Crippen LogP contribution in [0.2, 0.25) is 0 Å². The highest BCUT2D eigenvalue weighted by Crippen LogP contribution is 2.24. The number of nitrogens with zero attached hydrogens (tertiary/aromatic N) is 2. The normalized spacial score (nSPS) is 29.4. The molecule has 0 saturated carbocycles. The summed E-state index contributed by atoms with van der Waals surface area (Å²) in [7, 11) is 1.47. The summed E-state index contributed by atoms with van der Waals surface area (Å²) in [5.41, 5.74) is 0. The Morgan fingerprint density at radius 1 is 1.40 bits per heavy atom. The van der Waals surface area contributed by atoms with Gasteiger partial charge in [0.25, 0.3) is 0 Å². The molecule has 2 rings (SSSR count). The third kappa shape index (κ3) is 3.71. The van der Waals surface area contributed by atoms with Crippen molar-refractivity contribution in [2.45, 2.75) is 57.8 Å². The van der Waals surface area contributed by atoms with E-state index in [4.69, 9.17) is 4.74 Å². The SMILES string of the molecule is COC(=O)C(CN1CC2CCCN2CC1C)NC(C)C. The standard InChI is InChI=1S/C15H29N3O2/c1-11(2)16-14(15(19)20-4)10-18-9-13-6-5-7-17(13)8-12(18)3/h11-14,16H,5-10H2,1-4H3. The van der Waals surface area contributed by atoms with Crippen LogP contribution in [0.25, 0.3) is 0 Å². The Morgan fingerprint density at radius 3 is 2.80 bits per heavy atom. The number of ether oxygens (including phenoxy) is 1. The maximum Gasteiger partial charge on any atom is 0.324 e. The minimum atomic E-state index is -0.226. The van der Waals surface area contributed by atoms with E-state index < -0.39 is 0 Å². The smallest absolute Gasteiger partial charge is 0.324 e. The highest BCUT2D eigenvalue weighted by molar-refractivity contribution is 5.76. The molecule has 0 spiro atoms. The zero-order valence-electron chi connectivity index (χ0n) is 13.3. The van der Waals surface area contributed by atoms with Gasteiger partial charge in [-0.1, -0.05) is 13.8 Å². The van der Waals surface area contributed by atoms with Crippen LogP contribution < -0.4 is 5.32 Å². The molecular formula is C15H29N3O2. The van der Waals surface area contributed by atoms with E-state index in [-0.39, 0.29) is 18.1 Å². The lowest BCUT2D eigenvalue weighted by molar-refractivity contribution is -0.144. The lowest BCUT2D eigenvalue weighted by Crippen LogP contribution is -2.59. The molecule has 2 saturated heterocycles. The number of carbonyl (C=O) groups is 1. The van der Waals surface area contributed by atoms with Crippen molar-refractivity contribution in [1.82, 2.24) is 15.1 Å². The molecule has 0 bridgehead atoms. The molecule has 20 heavy (non-hydrogen) atoms. The predicted octanol–water partition coefficient (Wildman–Crippen LogP) is 0.695. The van der Waals surface area contributed by atoms with Gasteiger partial charge in [-0.2, -0.15) is 0 Å². The van der Waals surface area contributed by atoms with Gasteiger partial charge in [-0.25, -0.2) is 0 Å². The number of hydrogen-bond acceptors (Lipinski definition) is 5. The Kier molecular flexibility index (Phi) is 5.41. The molecule has 5 heteroatoms. The second-order valence-electron chi connectivity index (χ2n) is 6.49. The van der Waals surface area contributed by atoms with Crippen LogP contribution in [0.5, 0.6) is 0 Å². The van der Waals surface area contributed by atoms with E-state index in [0.29, 0.717) is 12.1 Å². The highest BCUT2D eigenvalue weighted by atomic mass is 16.5. The lowest BCUT2D eigenvalue weighted by Gasteiger charge is -2.43. The van der Waals surface area contributed by atoms with Crippen molar-refractivity contribution in [2.24, 2.45) is 0 Å². The molecule has 5 nitrogen and oxygen atoms in total. The van der Waals surface area contributed by atoms with Crippen molar-refractivity contribution in [3.63, 3.8) is 0 Å². The fourth-order valence-electron chi connectivity index (χ4n) is 3.48. The summed E-state index contributed by atoms with van der Waals surface area (Å²) in [6.07, 6.45) is 2.61. The molecule has 2 fully saturated rings. The van der Waals surface area contributed by atoms with Gasteiger partial charge in [-0.3, -0.25) is 14.6 Å². The van der Waals surface area contributed by atoms with Gasteiger partial charge in [0.05, 0.1) is 7.11 Å². The third-order valence-corrected chi connectivity index (χ3v) is 4.50. The summed E-state index contributed by atoms with van der Waals surface area (Å²) in [5, 5.41) is 3.33. The Morgan fingerprint density at radius 2 is 2.15 bits per heavy atom. The Labute approximate surface area is 122 Å². The molecule has 2 heterocycles. The van der Waals surface area contributed by atoms with Crippen LogP contribution in [0.1, 0.15) is 33.6 Å². The van der Waals surface area contributed by atoms with Crippen LogP contribution >= 0.6 is 0 Å². The van der Waals surface area contributed by atoms with E-state index in [9.17, 15) is 4.79 Å². The molecule has 0 aromatic rings. The Bertz CT molecular complexity index is 335. The summed E-state index contributed by atoms with van der Waals surface area (Å²) >= 11 is 0. The second-order valence-corrected chi connectivity index (χ2v) is 6.49. The average Bonchev–Trinajstić information content (AvgIpc) is 2.83. The number of nitrogens with one attached hydrogen (secondary N) is 1. The first-order valence-corrected chi connectivity index (χ1v) is 7.83. The van der Waals surface area contributed by atoms with E-state index in [1.165, 1.54) is 26.5 Å². The van der Waals surface area contributed by atoms with Gasteiger partial charge >= 0.3 is 5.97 Å². The summed E-state index contributed by atoms with van der Waals surface area (Å²) in [4.78, 5) is 17.0. The molecule has 0 aromatic heterocycles. The van der Waals surface area contributed by atoms with E-state index in [1.54, 1.807) is 0 Å². The number of rotatable bonds is 5. The number of fused-ring (bicyclic) bond motifs is 1. The number of hydrogen-bond donors (Lipinski definition) is 1. The van der Waals surface area contributed by atoms with Crippen molar-refractivity contribution < 1.29 is 9.53 Å². The van der Waals surface area contributed by atoms with E-state index in [2.05, 4.69) is 35.9 Å². The van der Waals surface area contributed by atoms with Crippen LogP contribution in [-0.2, 0) is 9.53 Å². The molecule has 2 aliphatic rings. The topological polar surface area (TPSA) is 44.8 Å². The van der Waals surface area contributed by atoms with Crippen molar-refractivity contribution in [3.05, 3.63) is 0 Å². The van der Waals surface area contributed by atoms with Gasteiger partial charge in [0.15, 0.2) is 0 Å². The molecule has 0 aliphatic carbocycles.